The van der Waals surface area contributed by atoms with Gasteiger partial charge in [-0.2, -0.15) is 0 Å². The van der Waals surface area contributed by atoms with Crippen molar-refractivity contribution in [3.63, 3.8) is 0 Å². The molecule has 0 aromatic rings. The highest BCUT2D eigenvalue weighted by molar-refractivity contribution is 5.78. The molecule has 3 aliphatic rings. The average molecular weight is 440 g/mol. The van der Waals surface area contributed by atoms with E-state index in [1.54, 1.807) is 0 Å². The van der Waals surface area contributed by atoms with Crippen molar-refractivity contribution >= 4 is 11.9 Å². The van der Waals surface area contributed by atoms with Crippen LogP contribution in [0.2, 0.25) is 0 Å². The number of methoxy groups -OCH3 is 1. The number of ether oxygens (including phenoxy) is 4. The number of rotatable bonds is 7. The van der Waals surface area contributed by atoms with Crippen LogP contribution in [0, 0.1) is 5.92 Å². The summed E-state index contributed by atoms with van der Waals surface area (Å²) in [5.41, 5.74) is -0.635. The van der Waals surface area contributed by atoms with Crippen molar-refractivity contribution in [2.24, 2.45) is 5.92 Å². The molecule has 0 bridgehead atoms. The number of hydrogen-bond donors (Lipinski definition) is 0. The van der Waals surface area contributed by atoms with Crippen LogP contribution < -0.4 is 0 Å². The Morgan fingerprint density at radius 1 is 0.774 bits per heavy atom. The molecule has 0 aromatic carbocycles. The van der Waals surface area contributed by atoms with Crippen LogP contribution in [-0.2, 0) is 28.5 Å². The van der Waals surface area contributed by atoms with E-state index in [9.17, 15) is 9.59 Å². The van der Waals surface area contributed by atoms with Crippen molar-refractivity contribution in [2.75, 3.05) is 20.2 Å². The molecule has 1 aliphatic heterocycles. The highest BCUT2D eigenvalue weighted by Gasteiger charge is 2.54. The number of carbonyl (C=O) groups excluding carboxylic acids is 2. The summed E-state index contributed by atoms with van der Waals surface area (Å²) in [6, 6.07) is 0. The summed E-state index contributed by atoms with van der Waals surface area (Å²) in [7, 11) is 1.43. The van der Waals surface area contributed by atoms with Crippen molar-refractivity contribution < 1.29 is 28.5 Å². The first kappa shape index (κ1) is 24.5. The van der Waals surface area contributed by atoms with Crippen LogP contribution >= 0.6 is 0 Å². The summed E-state index contributed by atoms with van der Waals surface area (Å²) in [6.07, 6.45) is 9.97. The summed E-state index contributed by atoms with van der Waals surface area (Å²) < 4.78 is 24.0. The van der Waals surface area contributed by atoms with Crippen LogP contribution in [0.25, 0.3) is 0 Å². The number of carbonyl (C=O) groups is 2. The van der Waals surface area contributed by atoms with Gasteiger partial charge in [-0.3, -0.25) is 4.79 Å². The molecule has 7 heteroatoms. The maximum Gasteiger partial charge on any atom is 0.384 e. The van der Waals surface area contributed by atoms with E-state index in [-0.39, 0.29) is 24.1 Å². The molecule has 178 valence electrons. The van der Waals surface area contributed by atoms with Crippen molar-refractivity contribution in [3.8, 4) is 0 Å². The third kappa shape index (κ3) is 6.42. The van der Waals surface area contributed by atoms with Gasteiger partial charge in [0, 0.05) is 13.1 Å². The molecule has 0 radical (unpaired) electrons. The summed E-state index contributed by atoms with van der Waals surface area (Å²) >= 11 is 0. The fraction of sp³-hybridized carbons (Fsp3) is 0.917. The second kappa shape index (κ2) is 10.6. The van der Waals surface area contributed by atoms with Gasteiger partial charge in [-0.25, -0.2) is 9.69 Å². The lowest BCUT2D eigenvalue weighted by Crippen LogP contribution is -2.62. The lowest BCUT2D eigenvalue weighted by atomic mass is 9.87. The topological polar surface area (TPSA) is 74.3 Å². The Labute approximate surface area is 187 Å². The van der Waals surface area contributed by atoms with Gasteiger partial charge in [-0.1, -0.05) is 19.3 Å². The molecule has 0 N–H and O–H groups in total. The van der Waals surface area contributed by atoms with Crippen LogP contribution in [0.4, 0.5) is 0 Å². The summed E-state index contributed by atoms with van der Waals surface area (Å²) in [5, 5.41) is 0. The fourth-order valence-electron chi connectivity index (χ4n) is 4.97. The third-order valence-corrected chi connectivity index (χ3v) is 6.59. The normalized spacial score (nSPS) is 28.1. The highest BCUT2D eigenvalue weighted by Crippen LogP contribution is 2.37. The first-order valence-electron chi connectivity index (χ1n) is 12.2. The van der Waals surface area contributed by atoms with Gasteiger partial charge in [-0.15, -0.1) is 0 Å². The first-order chi connectivity index (χ1) is 14.7. The number of likely N-dealkylation sites (tertiary alicyclic amines) is 1. The quantitative estimate of drug-likeness (QED) is 0.435. The van der Waals surface area contributed by atoms with Crippen LogP contribution in [0.15, 0.2) is 0 Å². The van der Waals surface area contributed by atoms with Crippen LogP contribution in [0.1, 0.15) is 91.4 Å². The minimum atomic E-state index is -1.51. The van der Waals surface area contributed by atoms with Crippen LogP contribution in [0.3, 0.4) is 0 Å². The molecule has 0 aromatic heterocycles. The largest absolute Gasteiger partial charge is 0.469 e. The lowest BCUT2D eigenvalue weighted by Gasteiger charge is -2.45. The second-order valence-corrected chi connectivity index (χ2v) is 10.3. The Balaban J connectivity index is 1.82. The Hall–Kier alpha value is -1.18. The fourth-order valence-corrected chi connectivity index (χ4v) is 4.97. The van der Waals surface area contributed by atoms with Crippen LogP contribution in [-0.4, -0.2) is 60.8 Å². The smallest absolute Gasteiger partial charge is 0.384 e. The zero-order valence-corrected chi connectivity index (χ0v) is 19.8. The lowest BCUT2D eigenvalue weighted by molar-refractivity contribution is -0.342. The summed E-state index contributed by atoms with van der Waals surface area (Å²) in [4.78, 5) is 27.6. The maximum absolute atomic E-state index is 13.6. The summed E-state index contributed by atoms with van der Waals surface area (Å²) in [6.45, 7) is 7.14. The third-order valence-electron chi connectivity index (χ3n) is 6.59. The molecule has 3 fully saturated rings. The molecule has 7 nitrogen and oxygen atoms in total. The van der Waals surface area contributed by atoms with Gasteiger partial charge < -0.3 is 18.9 Å². The number of hydrogen-bond acceptors (Lipinski definition) is 7. The molecule has 2 aliphatic carbocycles. The highest BCUT2D eigenvalue weighted by atomic mass is 16.8. The van der Waals surface area contributed by atoms with E-state index in [1.165, 1.54) is 13.5 Å². The molecule has 0 spiro atoms. The molecular weight excluding hydrogens is 398 g/mol. The van der Waals surface area contributed by atoms with E-state index < -0.39 is 17.5 Å². The van der Waals surface area contributed by atoms with Crippen molar-refractivity contribution in [2.45, 2.75) is 115 Å². The standard InChI is InChI=1S/C24H41NO6/c1-23(2,3)31-22(27)24(25-16-8-9-17-25,29-19-10-6-5-7-11-19)30-20-14-12-18(13-15-20)21(26)28-4/h18-20H,5-17H2,1-4H3/t18-,20-,24?. The SMILES string of the molecule is COC(=O)[C@H]1CC[C@H](OC(OC2CCCCC2)(C(=O)OC(C)(C)C)N2CCCC2)CC1. The minimum absolute atomic E-state index is 0.00623. The van der Waals surface area contributed by atoms with Gasteiger partial charge in [0.05, 0.1) is 25.2 Å². The van der Waals surface area contributed by atoms with Crippen molar-refractivity contribution in [3.05, 3.63) is 0 Å². The Bertz CT molecular complexity index is 598. The van der Waals surface area contributed by atoms with Gasteiger partial charge in [0.15, 0.2) is 0 Å². The monoisotopic (exact) mass is 439 g/mol. The van der Waals surface area contributed by atoms with Gasteiger partial charge in [0.1, 0.15) is 5.60 Å². The number of nitrogens with zero attached hydrogens (tertiary/aromatic N) is 1. The molecule has 1 unspecified atom stereocenters. The molecule has 1 atom stereocenters. The number of esters is 2. The molecule has 1 heterocycles. The minimum Gasteiger partial charge on any atom is -0.469 e. The van der Waals surface area contributed by atoms with Crippen molar-refractivity contribution in [1.82, 2.24) is 4.90 Å². The molecule has 3 rings (SSSR count). The second-order valence-electron chi connectivity index (χ2n) is 10.3. The molecule has 0 amide bonds. The van der Waals surface area contributed by atoms with E-state index in [0.29, 0.717) is 25.7 Å². The van der Waals surface area contributed by atoms with Gasteiger partial charge >= 0.3 is 17.8 Å². The van der Waals surface area contributed by atoms with E-state index in [4.69, 9.17) is 18.9 Å². The van der Waals surface area contributed by atoms with Crippen LogP contribution in [0.5, 0.6) is 0 Å². The van der Waals surface area contributed by atoms with E-state index in [0.717, 1.165) is 51.6 Å². The molecular formula is C24H41NO6. The first-order valence-corrected chi connectivity index (χ1v) is 12.2. The van der Waals surface area contributed by atoms with E-state index >= 15 is 0 Å². The van der Waals surface area contributed by atoms with Gasteiger partial charge in [0.25, 0.3) is 0 Å². The molecule has 31 heavy (non-hydrogen) atoms. The zero-order chi connectivity index (χ0) is 22.5. The predicted octanol–water partition coefficient (Wildman–Crippen LogP) is 4.18. The van der Waals surface area contributed by atoms with E-state index in [2.05, 4.69) is 0 Å². The average Bonchev–Trinajstić information content (AvgIpc) is 3.28. The van der Waals surface area contributed by atoms with E-state index in [1.807, 2.05) is 25.7 Å². The summed E-state index contributed by atoms with van der Waals surface area (Å²) in [5.74, 6) is -2.20. The Morgan fingerprint density at radius 2 is 1.32 bits per heavy atom. The predicted molar refractivity (Wildman–Crippen MR) is 116 cm³/mol. The molecule has 2 saturated carbocycles. The Kier molecular flexibility index (Phi) is 8.38. The van der Waals surface area contributed by atoms with Crippen molar-refractivity contribution in [1.29, 1.82) is 0 Å². The van der Waals surface area contributed by atoms with Gasteiger partial charge in [-0.05, 0) is 72.1 Å². The molecule has 1 saturated heterocycles. The maximum atomic E-state index is 13.6. The zero-order valence-electron chi connectivity index (χ0n) is 19.8. The van der Waals surface area contributed by atoms with Gasteiger partial charge in [0.2, 0.25) is 0 Å². The Morgan fingerprint density at radius 3 is 1.84 bits per heavy atom.